The van der Waals surface area contributed by atoms with E-state index in [1.54, 1.807) is 12.1 Å². The van der Waals surface area contributed by atoms with Crippen LogP contribution < -0.4 is 4.74 Å². The van der Waals surface area contributed by atoms with Crippen molar-refractivity contribution in [3.63, 3.8) is 0 Å². The molecular formula is C13H11BrClNO3. The molecule has 0 spiro atoms. The Labute approximate surface area is 123 Å². The van der Waals surface area contributed by atoms with Crippen molar-refractivity contribution in [2.45, 2.75) is 6.92 Å². The van der Waals surface area contributed by atoms with E-state index in [-0.39, 0.29) is 5.69 Å². The molecule has 0 aliphatic heterocycles. The van der Waals surface area contributed by atoms with Crippen molar-refractivity contribution in [2.24, 2.45) is 0 Å². The number of benzene rings is 1. The van der Waals surface area contributed by atoms with Crippen molar-refractivity contribution in [3.8, 4) is 5.75 Å². The Balaban J connectivity index is 2.79. The predicted molar refractivity (Wildman–Crippen MR) is 77.0 cm³/mol. The Morgan fingerprint density at radius 3 is 2.84 bits per heavy atom. The van der Waals surface area contributed by atoms with Crippen molar-refractivity contribution >= 4 is 44.4 Å². The molecule has 0 fully saturated rings. The predicted octanol–water partition coefficient (Wildman–Crippen LogP) is 3.84. The number of nitrogens with zero attached hydrogens (tertiary/aromatic N) is 1. The summed E-state index contributed by atoms with van der Waals surface area (Å²) in [5.41, 5.74) is 0.750. The number of carbonyl (C=O) groups is 1. The highest BCUT2D eigenvalue weighted by Gasteiger charge is 2.16. The molecule has 0 unspecified atom stereocenters. The molecule has 6 heteroatoms. The molecule has 0 N–H and O–H groups in total. The number of methoxy groups -OCH3 is 1. The SMILES string of the molecule is CCOc1cc(C(=O)OC)nc2c(Br)ccc(Cl)c12. The smallest absolute Gasteiger partial charge is 0.356 e. The van der Waals surface area contributed by atoms with Gasteiger partial charge in [0.2, 0.25) is 0 Å². The van der Waals surface area contributed by atoms with E-state index in [0.29, 0.717) is 28.3 Å². The molecule has 0 aliphatic carbocycles. The number of aromatic nitrogens is 1. The normalized spacial score (nSPS) is 10.5. The van der Waals surface area contributed by atoms with Crippen molar-refractivity contribution < 1.29 is 14.3 Å². The summed E-state index contributed by atoms with van der Waals surface area (Å²) in [7, 11) is 1.31. The third kappa shape index (κ3) is 2.67. The van der Waals surface area contributed by atoms with E-state index in [2.05, 4.69) is 25.7 Å². The third-order valence-corrected chi connectivity index (χ3v) is 3.47. The van der Waals surface area contributed by atoms with Gasteiger partial charge in [0.1, 0.15) is 5.75 Å². The van der Waals surface area contributed by atoms with Crippen LogP contribution in [0.15, 0.2) is 22.7 Å². The fourth-order valence-electron chi connectivity index (χ4n) is 1.71. The third-order valence-electron chi connectivity index (χ3n) is 2.52. The van der Waals surface area contributed by atoms with Crippen molar-refractivity contribution in [1.29, 1.82) is 0 Å². The maximum absolute atomic E-state index is 11.6. The number of pyridine rings is 1. The Morgan fingerprint density at radius 1 is 1.47 bits per heavy atom. The van der Waals surface area contributed by atoms with Crippen molar-refractivity contribution in [3.05, 3.63) is 33.4 Å². The number of hydrogen-bond acceptors (Lipinski definition) is 4. The van der Waals surface area contributed by atoms with E-state index in [0.717, 1.165) is 4.47 Å². The second-order valence-electron chi connectivity index (χ2n) is 3.68. The number of halogens is 2. The summed E-state index contributed by atoms with van der Waals surface area (Å²) in [6.45, 7) is 2.32. The van der Waals surface area contributed by atoms with Crippen LogP contribution >= 0.6 is 27.5 Å². The number of esters is 1. The second-order valence-corrected chi connectivity index (χ2v) is 4.94. The average Bonchev–Trinajstić information content (AvgIpc) is 2.42. The fraction of sp³-hybridized carbons (Fsp3) is 0.231. The first-order valence-electron chi connectivity index (χ1n) is 5.58. The van der Waals surface area contributed by atoms with Crippen LogP contribution in [0, 0.1) is 0 Å². The molecule has 4 nitrogen and oxygen atoms in total. The highest BCUT2D eigenvalue weighted by molar-refractivity contribution is 9.10. The average molecular weight is 345 g/mol. The minimum absolute atomic E-state index is 0.182. The molecule has 1 heterocycles. The molecule has 0 radical (unpaired) electrons. The molecular weight excluding hydrogens is 334 g/mol. The lowest BCUT2D eigenvalue weighted by atomic mass is 10.1. The van der Waals surface area contributed by atoms with Gasteiger partial charge in [0.15, 0.2) is 5.69 Å². The van der Waals surface area contributed by atoms with Gasteiger partial charge in [0.05, 0.1) is 29.6 Å². The standard InChI is InChI=1S/C13H11BrClNO3/c1-3-19-10-6-9(13(17)18-2)16-12-7(14)4-5-8(15)11(10)12/h4-6H,3H2,1-2H3. The van der Waals surface area contributed by atoms with Crippen molar-refractivity contribution in [2.75, 3.05) is 13.7 Å². The van der Waals surface area contributed by atoms with E-state index in [9.17, 15) is 4.79 Å². The molecule has 19 heavy (non-hydrogen) atoms. The van der Waals surface area contributed by atoms with Crippen LogP contribution in [0.5, 0.6) is 5.75 Å². The van der Waals surface area contributed by atoms with Crippen LogP contribution in [0.25, 0.3) is 10.9 Å². The Kier molecular flexibility index (Phi) is 4.27. The van der Waals surface area contributed by atoms with Gasteiger partial charge in [-0.15, -0.1) is 0 Å². The van der Waals surface area contributed by atoms with Gasteiger partial charge in [-0.05, 0) is 35.0 Å². The Bertz CT molecular complexity index is 645. The van der Waals surface area contributed by atoms with Crippen LogP contribution in [0.3, 0.4) is 0 Å². The van der Waals surface area contributed by atoms with Gasteiger partial charge in [-0.3, -0.25) is 0 Å². The van der Waals surface area contributed by atoms with Crippen LogP contribution in [0.4, 0.5) is 0 Å². The number of hydrogen-bond donors (Lipinski definition) is 0. The molecule has 2 aromatic rings. The van der Waals surface area contributed by atoms with Crippen LogP contribution in [0.2, 0.25) is 5.02 Å². The molecule has 0 amide bonds. The van der Waals surface area contributed by atoms with Gasteiger partial charge in [-0.2, -0.15) is 0 Å². The van der Waals surface area contributed by atoms with Gasteiger partial charge < -0.3 is 9.47 Å². The lowest BCUT2D eigenvalue weighted by Crippen LogP contribution is -2.06. The summed E-state index contributed by atoms with van der Waals surface area (Å²) >= 11 is 9.57. The second kappa shape index (κ2) is 5.75. The summed E-state index contributed by atoms with van der Waals surface area (Å²) in [6.07, 6.45) is 0. The van der Waals surface area contributed by atoms with E-state index in [1.165, 1.54) is 13.2 Å². The zero-order valence-corrected chi connectivity index (χ0v) is 12.7. The maximum atomic E-state index is 11.6. The monoisotopic (exact) mass is 343 g/mol. The molecule has 0 aliphatic rings. The van der Waals surface area contributed by atoms with Crippen molar-refractivity contribution in [1.82, 2.24) is 4.98 Å². The molecule has 0 bridgehead atoms. The minimum Gasteiger partial charge on any atom is -0.493 e. The molecule has 1 aromatic carbocycles. The highest BCUT2D eigenvalue weighted by Crippen LogP contribution is 2.36. The lowest BCUT2D eigenvalue weighted by Gasteiger charge is -2.11. The number of carbonyl (C=O) groups excluding carboxylic acids is 1. The highest BCUT2D eigenvalue weighted by atomic mass is 79.9. The molecule has 2 rings (SSSR count). The first kappa shape index (κ1) is 14.1. The molecule has 0 saturated carbocycles. The summed E-state index contributed by atoms with van der Waals surface area (Å²) in [5.74, 6) is -0.00562. The number of rotatable bonds is 3. The van der Waals surface area contributed by atoms with Gasteiger partial charge >= 0.3 is 5.97 Å². The van der Waals surface area contributed by atoms with E-state index < -0.39 is 5.97 Å². The lowest BCUT2D eigenvalue weighted by molar-refractivity contribution is 0.0594. The van der Waals surface area contributed by atoms with Gasteiger partial charge in [0, 0.05) is 10.5 Å². The quantitative estimate of drug-likeness (QED) is 0.794. The summed E-state index contributed by atoms with van der Waals surface area (Å²) in [5, 5.41) is 1.19. The zero-order valence-electron chi connectivity index (χ0n) is 10.4. The molecule has 100 valence electrons. The minimum atomic E-state index is -0.519. The topological polar surface area (TPSA) is 48.4 Å². The van der Waals surface area contributed by atoms with Crippen LogP contribution in [-0.2, 0) is 4.74 Å². The molecule has 0 saturated heterocycles. The molecule has 1 aromatic heterocycles. The zero-order chi connectivity index (χ0) is 14.0. The van der Waals surface area contributed by atoms with Gasteiger partial charge in [0.25, 0.3) is 0 Å². The first-order chi connectivity index (χ1) is 9.08. The Morgan fingerprint density at radius 2 is 2.21 bits per heavy atom. The summed E-state index contributed by atoms with van der Waals surface area (Å²) in [6, 6.07) is 5.06. The van der Waals surface area contributed by atoms with E-state index in [4.69, 9.17) is 16.3 Å². The maximum Gasteiger partial charge on any atom is 0.356 e. The summed E-state index contributed by atoms with van der Waals surface area (Å²) in [4.78, 5) is 15.9. The largest absolute Gasteiger partial charge is 0.493 e. The van der Waals surface area contributed by atoms with E-state index in [1.807, 2.05) is 6.92 Å². The van der Waals surface area contributed by atoms with Gasteiger partial charge in [-0.1, -0.05) is 11.6 Å². The number of ether oxygens (including phenoxy) is 2. The van der Waals surface area contributed by atoms with Crippen LogP contribution in [0.1, 0.15) is 17.4 Å². The molecule has 0 atom stereocenters. The number of fused-ring (bicyclic) bond motifs is 1. The Hall–Kier alpha value is -1.33. The van der Waals surface area contributed by atoms with Crippen LogP contribution in [-0.4, -0.2) is 24.7 Å². The first-order valence-corrected chi connectivity index (χ1v) is 6.75. The fourth-order valence-corrected chi connectivity index (χ4v) is 2.38. The summed E-state index contributed by atoms with van der Waals surface area (Å²) < 4.78 is 11.0. The van der Waals surface area contributed by atoms with Gasteiger partial charge in [-0.25, -0.2) is 9.78 Å². The van der Waals surface area contributed by atoms with E-state index >= 15 is 0 Å².